The number of nitrogens with zero attached hydrogens (tertiary/aromatic N) is 1. The van der Waals surface area contributed by atoms with E-state index in [0.717, 1.165) is 0 Å². The van der Waals surface area contributed by atoms with Crippen LogP contribution >= 0.6 is 23.2 Å². The molecule has 4 aromatic carbocycles. The third kappa shape index (κ3) is 4.78. The van der Waals surface area contributed by atoms with E-state index < -0.39 is 6.09 Å². The molecule has 0 spiro atoms. The Morgan fingerprint density at radius 1 is 0.800 bits per heavy atom. The lowest BCUT2D eigenvalue weighted by atomic mass is 10.1. The van der Waals surface area contributed by atoms with Gasteiger partial charge in [0.2, 0.25) is 5.78 Å². The monoisotopic (exact) mass is 501 g/mol. The summed E-state index contributed by atoms with van der Waals surface area (Å²) >= 11 is 12.0. The second-order valence-corrected chi connectivity index (χ2v) is 8.46. The van der Waals surface area contributed by atoms with Crippen molar-refractivity contribution in [3.63, 3.8) is 0 Å². The molecule has 0 radical (unpaired) electrons. The second-order valence-electron chi connectivity index (χ2n) is 7.65. The van der Waals surface area contributed by atoms with Gasteiger partial charge in [-0.05, 0) is 60.2 Å². The molecule has 1 heterocycles. The van der Waals surface area contributed by atoms with Crippen molar-refractivity contribution >= 4 is 52.5 Å². The first-order chi connectivity index (χ1) is 17.0. The minimum atomic E-state index is -0.599. The van der Waals surface area contributed by atoms with Crippen molar-refractivity contribution in [2.75, 3.05) is 4.90 Å². The molecule has 5 rings (SSSR count). The van der Waals surface area contributed by atoms with Gasteiger partial charge in [0.05, 0.1) is 27.0 Å². The van der Waals surface area contributed by atoms with Crippen LogP contribution in [0, 0.1) is 0 Å². The fraction of sp³-hybridized carbons (Fsp3) is 0. The van der Waals surface area contributed by atoms with E-state index in [2.05, 4.69) is 0 Å². The lowest BCUT2D eigenvalue weighted by Gasteiger charge is -2.22. The SMILES string of the molecule is O=C1C(=Cc2ccc(Cl)c(Cl)c2)Oc2cc(OC(=O)N(c3ccccc3)c3ccccc3)ccc21. The van der Waals surface area contributed by atoms with Crippen molar-refractivity contribution in [1.82, 2.24) is 0 Å². The van der Waals surface area contributed by atoms with E-state index in [1.807, 2.05) is 60.7 Å². The van der Waals surface area contributed by atoms with Gasteiger partial charge < -0.3 is 9.47 Å². The topological polar surface area (TPSA) is 55.8 Å². The molecule has 1 amide bonds. The van der Waals surface area contributed by atoms with Gasteiger partial charge in [0.25, 0.3) is 0 Å². The van der Waals surface area contributed by atoms with Crippen LogP contribution in [-0.4, -0.2) is 11.9 Å². The van der Waals surface area contributed by atoms with E-state index in [-0.39, 0.29) is 17.3 Å². The van der Waals surface area contributed by atoms with Gasteiger partial charge in [-0.2, -0.15) is 0 Å². The Kier molecular flexibility index (Phi) is 6.27. The summed E-state index contributed by atoms with van der Waals surface area (Å²) in [5.74, 6) is 0.406. The summed E-state index contributed by atoms with van der Waals surface area (Å²) in [7, 11) is 0. The highest BCUT2D eigenvalue weighted by Crippen LogP contribution is 2.36. The van der Waals surface area contributed by atoms with Crippen LogP contribution in [0.3, 0.4) is 0 Å². The maximum absolute atomic E-state index is 13.2. The number of fused-ring (bicyclic) bond motifs is 1. The maximum Gasteiger partial charge on any atom is 0.424 e. The fourth-order valence-corrected chi connectivity index (χ4v) is 3.95. The molecule has 0 saturated carbocycles. The third-order valence-corrected chi connectivity index (χ3v) is 6.04. The molecule has 1 aliphatic heterocycles. The van der Waals surface area contributed by atoms with E-state index in [9.17, 15) is 9.59 Å². The van der Waals surface area contributed by atoms with Gasteiger partial charge in [-0.25, -0.2) is 9.69 Å². The predicted molar refractivity (Wildman–Crippen MR) is 137 cm³/mol. The smallest absolute Gasteiger partial charge is 0.424 e. The Bertz CT molecular complexity index is 1410. The van der Waals surface area contributed by atoms with Crippen LogP contribution in [0.2, 0.25) is 10.0 Å². The van der Waals surface area contributed by atoms with Crippen molar-refractivity contribution in [3.8, 4) is 11.5 Å². The van der Waals surface area contributed by atoms with Crippen LogP contribution in [0.5, 0.6) is 11.5 Å². The third-order valence-electron chi connectivity index (χ3n) is 5.30. The van der Waals surface area contributed by atoms with Crippen LogP contribution in [0.1, 0.15) is 15.9 Å². The van der Waals surface area contributed by atoms with E-state index in [1.54, 1.807) is 36.4 Å². The molecule has 7 heteroatoms. The van der Waals surface area contributed by atoms with Crippen LogP contribution in [-0.2, 0) is 0 Å². The molecule has 0 unspecified atom stereocenters. The minimum Gasteiger partial charge on any atom is -0.452 e. The minimum absolute atomic E-state index is 0.136. The van der Waals surface area contributed by atoms with Crippen molar-refractivity contribution in [3.05, 3.63) is 124 Å². The van der Waals surface area contributed by atoms with Crippen molar-refractivity contribution in [2.24, 2.45) is 0 Å². The van der Waals surface area contributed by atoms with E-state index >= 15 is 0 Å². The standard InChI is InChI=1S/C28H17Cl2NO4/c29-23-14-11-18(15-24(23)30)16-26-27(32)22-13-12-21(17-25(22)35-26)34-28(33)31(19-7-3-1-4-8-19)20-9-5-2-6-10-20/h1-17H. The van der Waals surface area contributed by atoms with Crippen molar-refractivity contribution in [1.29, 1.82) is 0 Å². The Hall–Kier alpha value is -4.06. The van der Waals surface area contributed by atoms with Crippen molar-refractivity contribution in [2.45, 2.75) is 0 Å². The number of hydrogen-bond donors (Lipinski definition) is 0. The first-order valence-electron chi connectivity index (χ1n) is 10.6. The second kappa shape index (κ2) is 9.66. The van der Waals surface area contributed by atoms with Crippen LogP contribution in [0.15, 0.2) is 103 Å². The highest BCUT2D eigenvalue weighted by atomic mass is 35.5. The van der Waals surface area contributed by atoms with Gasteiger partial charge >= 0.3 is 6.09 Å². The quantitative estimate of drug-likeness (QED) is 0.266. The van der Waals surface area contributed by atoms with E-state index in [4.69, 9.17) is 32.7 Å². The average Bonchev–Trinajstić information content (AvgIpc) is 3.17. The van der Waals surface area contributed by atoms with Crippen LogP contribution in [0.4, 0.5) is 16.2 Å². The molecule has 0 atom stereocenters. The molecule has 0 aliphatic carbocycles. The van der Waals surface area contributed by atoms with Gasteiger partial charge in [-0.15, -0.1) is 0 Å². The first kappa shape index (κ1) is 22.7. The number of ketones is 1. The molecule has 0 fully saturated rings. The fourth-order valence-electron chi connectivity index (χ4n) is 3.64. The summed E-state index contributed by atoms with van der Waals surface area (Å²) in [6.45, 7) is 0. The van der Waals surface area contributed by atoms with Gasteiger partial charge in [-0.1, -0.05) is 65.7 Å². The van der Waals surface area contributed by atoms with Crippen LogP contribution in [0.25, 0.3) is 6.08 Å². The summed E-state index contributed by atoms with van der Waals surface area (Å²) in [6, 6.07) is 28.1. The number of anilines is 2. The Labute approximate surface area is 211 Å². The summed E-state index contributed by atoms with van der Waals surface area (Å²) in [6.07, 6.45) is 0.987. The van der Waals surface area contributed by atoms with Gasteiger partial charge in [0.15, 0.2) is 5.76 Å². The highest BCUT2D eigenvalue weighted by Gasteiger charge is 2.29. The molecular weight excluding hydrogens is 485 g/mol. The molecule has 172 valence electrons. The molecule has 35 heavy (non-hydrogen) atoms. The molecule has 0 saturated heterocycles. The zero-order valence-corrected chi connectivity index (χ0v) is 19.7. The number of rotatable bonds is 4. The summed E-state index contributed by atoms with van der Waals surface area (Å²) in [5, 5.41) is 0.793. The molecule has 4 aromatic rings. The number of carbonyl (C=O) groups excluding carboxylic acids is 2. The molecule has 5 nitrogen and oxygen atoms in total. The Morgan fingerprint density at radius 2 is 1.46 bits per heavy atom. The number of ether oxygens (including phenoxy) is 2. The number of carbonyl (C=O) groups is 2. The Balaban J connectivity index is 1.40. The molecular formula is C28H17Cl2NO4. The first-order valence-corrected chi connectivity index (χ1v) is 11.4. The number of para-hydroxylation sites is 2. The highest BCUT2D eigenvalue weighted by molar-refractivity contribution is 6.42. The Morgan fingerprint density at radius 3 is 2.09 bits per heavy atom. The van der Waals surface area contributed by atoms with Crippen LogP contribution < -0.4 is 14.4 Å². The van der Waals surface area contributed by atoms with Gasteiger partial charge in [0, 0.05) is 6.07 Å². The van der Waals surface area contributed by atoms with E-state index in [1.165, 1.54) is 11.0 Å². The number of allylic oxidation sites excluding steroid dienone is 1. The summed E-state index contributed by atoms with van der Waals surface area (Å²) in [4.78, 5) is 27.5. The lowest BCUT2D eigenvalue weighted by Crippen LogP contribution is -2.29. The zero-order chi connectivity index (χ0) is 24.4. The number of halogens is 2. The number of amides is 1. The van der Waals surface area contributed by atoms with Gasteiger partial charge in [-0.3, -0.25) is 4.79 Å². The molecule has 1 aliphatic rings. The number of Topliss-reactive ketones (excluding diaryl/α,β-unsaturated/α-hetero) is 1. The lowest BCUT2D eigenvalue weighted by molar-refractivity contribution is 0.101. The normalized spacial score (nSPS) is 13.3. The number of hydrogen-bond acceptors (Lipinski definition) is 4. The molecule has 0 bridgehead atoms. The zero-order valence-electron chi connectivity index (χ0n) is 18.2. The predicted octanol–water partition coefficient (Wildman–Crippen LogP) is 7.95. The summed E-state index contributed by atoms with van der Waals surface area (Å²) in [5.41, 5.74) is 2.36. The largest absolute Gasteiger partial charge is 0.452 e. The average molecular weight is 502 g/mol. The molecule has 0 N–H and O–H groups in total. The molecule has 0 aromatic heterocycles. The maximum atomic E-state index is 13.2. The number of benzene rings is 4. The van der Waals surface area contributed by atoms with Crippen molar-refractivity contribution < 1.29 is 19.1 Å². The summed E-state index contributed by atoms with van der Waals surface area (Å²) < 4.78 is 11.4. The van der Waals surface area contributed by atoms with E-state index in [0.29, 0.717) is 38.3 Å². The van der Waals surface area contributed by atoms with Gasteiger partial charge in [0.1, 0.15) is 11.5 Å².